The number of hydrogen-bond donors (Lipinski definition) is 1. The molecule has 7 heteroatoms. The SMILES string of the molecule is COc1cccnc1NC(=O)c1ccc(OCc2c(C)noc2C)cc1. The first-order valence-corrected chi connectivity index (χ1v) is 8.03. The van der Waals surface area contributed by atoms with Gasteiger partial charge >= 0.3 is 0 Å². The molecule has 0 aliphatic carbocycles. The van der Waals surface area contributed by atoms with E-state index in [0.717, 1.165) is 17.0 Å². The van der Waals surface area contributed by atoms with Crippen LogP contribution in [0.4, 0.5) is 5.82 Å². The minimum absolute atomic E-state index is 0.278. The maximum atomic E-state index is 12.4. The largest absolute Gasteiger partial charge is 0.493 e. The number of benzene rings is 1. The van der Waals surface area contributed by atoms with Crippen molar-refractivity contribution < 1.29 is 18.8 Å². The van der Waals surface area contributed by atoms with E-state index in [-0.39, 0.29) is 5.91 Å². The Morgan fingerprint density at radius 1 is 1.19 bits per heavy atom. The Morgan fingerprint density at radius 3 is 2.62 bits per heavy atom. The second-order valence-electron chi connectivity index (χ2n) is 5.62. The summed E-state index contributed by atoms with van der Waals surface area (Å²) < 4.78 is 16.0. The molecule has 2 aromatic heterocycles. The van der Waals surface area contributed by atoms with Crippen molar-refractivity contribution in [2.75, 3.05) is 12.4 Å². The second kappa shape index (κ2) is 7.69. The summed E-state index contributed by atoms with van der Waals surface area (Å²) in [6.45, 7) is 4.07. The van der Waals surface area contributed by atoms with Crippen LogP contribution in [-0.2, 0) is 6.61 Å². The second-order valence-corrected chi connectivity index (χ2v) is 5.62. The normalized spacial score (nSPS) is 10.4. The minimum Gasteiger partial charge on any atom is -0.493 e. The Bertz CT molecular complexity index is 884. The molecule has 134 valence electrons. The van der Waals surface area contributed by atoms with Crippen molar-refractivity contribution in [3.05, 3.63) is 65.2 Å². The van der Waals surface area contributed by atoms with Crippen LogP contribution in [0, 0.1) is 13.8 Å². The van der Waals surface area contributed by atoms with Gasteiger partial charge in [-0.05, 0) is 50.2 Å². The Hall–Kier alpha value is -3.35. The zero-order valence-corrected chi connectivity index (χ0v) is 14.8. The molecule has 3 aromatic rings. The van der Waals surface area contributed by atoms with Crippen molar-refractivity contribution in [3.8, 4) is 11.5 Å². The van der Waals surface area contributed by atoms with E-state index in [0.29, 0.717) is 29.5 Å². The standard InChI is InChI=1S/C19H19N3O4/c1-12-16(13(2)26-22-12)11-25-15-8-6-14(7-9-15)19(23)21-18-17(24-3)5-4-10-20-18/h4-10H,11H2,1-3H3,(H,20,21,23). The topological polar surface area (TPSA) is 86.5 Å². The van der Waals surface area contributed by atoms with E-state index in [9.17, 15) is 4.79 Å². The molecule has 0 radical (unpaired) electrons. The van der Waals surface area contributed by atoms with Gasteiger partial charge in [0.25, 0.3) is 5.91 Å². The summed E-state index contributed by atoms with van der Waals surface area (Å²) in [5, 5.41) is 6.63. The van der Waals surface area contributed by atoms with E-state index >= 15 is 0 Å². The van der Waals surface area contributed by atoms with Gasteiger partial charge in [0.2, 0.25) is 0 Å². The lowest BCUT2D eigenvalue weighted by Crippen LogP contribution is -2.13. The number of nitrogens with zero attached hydrogens (tertiary/aromatic N) is 2. The van der Waals surface area contributed by atoms with Crippen molar-refractivity contribution in [2.45, 2.75) is 20.5 Å². The summed E-state index contributed by atoms with van der Waals surface area (Å²) in [4.78, 5) is 16.5. The first kappa shape index (κ1) is 17.5. The molecule has 0 spiro atoms. The molecule has 0 aliphatic heterocycles. The highest BCUT2D eigenvalue weighted by Crippen LogP contribution is 2.22. The summed E-state index contributed by atoms with van der Waals surface area (Å²) >= 11 is 0. The van der Waals surface area contributed by atoms with Crippen LogP contribution in [0.3, 0.4) is 0 Å². The molecule has 1 amide bonds. The number of hydrogen-bond acceptors (Lipinski definition) is 6. The Morgan fingerprint density at radius 2 is 1.96 bits per heavy atom. The van der Waals surface area contributed by atoms with Crippen LogP contribution in [0.2, 0.25) is 0 Å². The van der Waals surface area contributed by atoms with Crippen molar-refractivity contribution in [3.63, 3.8) is 0 Å². The predicted octanol–water partition coefficient (Wildman–Crippen LogP) is 3.53. The summed E-state index contributed by atoms with van der Waals surface area (Å²) in [6, 6.07) is 10.3. The smallest absolute Gasteiger partial charge is 0.256 e. The van der Waals surface area contributed by atoms with Gasteiger partial charge in [-0.2, -0.15) is 0 Å². The molecule has 26 heavy (non-hydrogen) atoms. The Kier molecular flexibility index (Phi) is 5.17. The average molecular weight is 353 g/mol. The van der Waals surface area contributed by atoms with E-state index in [2.05, 4.69) is 15.5 Å². The molecule has 0 aliphatic rings. The van der Waals surface area contributed by atoms with E-state index < -0.39 is 0 Å². The highest BCUT2D eigenvalue weighted by atomic mass is 16.5. The average Bonchev–Trinajstić information content (AvgIpc) is 2.98. The summed E-state index contributed by atoms with van der Waals surface area (Å²) in [6.07, 6.45) is 1.59. The number of pyridine rings is 1. The first-order valence-electron chi connectivity index (χ1n) is 8.03. The van der Waals surface area contributed by atoms with Gasteiger partial charge in [-0.1, -0.05) is 5.16 Å². The van der Waals surface area contributed by atoms with Crippen LogP contribution in [0.25, 0.3) is 0 Å². The molecule has 2 heterocycles. The number of amides is 1. The summed E-state index contributed by atoms with van der Waals surface area (Å²) in [5.74, 6) is 1.98. The Balaban J connectivity index is 1.64. The van der Waals surface area contributed by atoms with Crippen molar-refractivity contribution in [1.82, 2.24) is 10.1 Å². The molecule has 0 unspecified atom stereocenters. The van der Waals surface area contributed by atoms with E-state index in [4.69, 9.17) is 14.0 Å². The summed E-state index contributed by atoms with van der Waals surface area (Å²) in [5.41, 5.74) is 2.22. The third kappa shape index (κ3) is 3.83. The number of aryl methyl sites for hydroxylation is 2. The van der Waals surface area contributed by atoms with Crippen molar-refractivity contribution in [1.29, 1.82) is 0 Å². The van der Waals surface area contributed by atoms with Crippen molar-refractivity contribution in [2.24, 2.45) is 0 Å². The molecular weight excluding hydrogens is 334 g/mol. The molecule has 0 saturated carbocycles. The molecule has 0 saturated heterocycles. The molecule has 7 nitrogen and oxygen atoms in total. The van der Waals surface area contributed by atoms with E-state index in [1.807, 2.05) is 13.8 Å². The molecule has 1 N–H and O–H groups in total. The van der Waals surface area contributed by atoms with Crippen LogP contribution in [0.5, 0.6) is 11.5 Å². The highest BCUT2D eigenvalue weighted by molar-refractivity contribution is 6.04. The van der Waals surface area contributed by atoms with Crippen LogP contribution in [0.1, 0.15) is 27.4 Å². The molecule has 1 aromatic carbocycles. The lowest BCUT2D eigenvalue weighted by atomic mass is 10.2. The Labute approximate surface area is 150 Å². The van der Waals surface area contributed by atoms with E-state index in [1.54, 1.807) is 42.6 Å². The number of anilines is 1. The van der Waals surface area contributed by atoms with Crippen LogP contribution in [0.15, 0.2) is 47.1 Å². The molecule has 0 bridgehead atoms. The number of carbonyl (C=O) groups is 1. The molecule has 0 atom stereocenters. The van der Waals surface area contributed by atoms with Gasteiger partial charge < -0.3 is 19.3 Å². The zero-order chi connectivity index (χ0) is 18.5. The lowest BCUT2D eigenvalue weighted by molar-refractivity contribution is 0.102. The molecule has 0 fully saturated rings. The van der Waals surface area contributed by atoms with E-state index in [1.165, 1.54) is 7.11 Å². The quantitative estimate of drug-likeness (QED) is 0.729. The molecular formula is C19H19N3O4. The van der Waals surface area contributed by atoms with Gasteiger partial charge in [0.05, 0.1) is 18.4 Å². The maximum Gasteiger partial charge on any atom is 0.256 e. The number of rotatable bonds is 6. The lowest BCUT2D eigenvalue weighted by Gasteiger charge is -2.09. The first-order chi connectivity index (χ1) is 12.6. The fourth-order valence-corrected chi connectivity index (χ4v) is 2.39. The van der Waals surface area contributed by atoms with Gasteiger partial charge in [0, 0.05) is 11.8 Å². The van der Waals surface area contributed by atoms with Gasteiger partial charge in [-0.3, -0.25) is 4.79 Å². The number of methoxy groups -OCH3 is 1. The van der Waals surface area contributed by atoms with Gasteiger partial charge in [-0.25, -0.2) is 4.98 Å². The molecule has 3 rings (SSSR count). The third-order valence-electron chi connectivity index (χ3n) is 3.90. The highest BCUT2D eigenvalue weighted by Gasteiger charge is 2.12. The third-order valence-corrected chi connectivity index (χ3v) is 3.90. The minimum atomic E-state index is -0.278. The zero-order valence-electron chi connectivity index (χ0n) is 14.8. The number of ether oxygens (including phenoxy) is 2. The number of carbonyl (C=O) groups excluding carboxylic acids is 1. The predicted molar refractivity (Wildman–Crippen MR) is 95.5 cm³/mol. The summed E-state index contributed by atoms with van der Waals surface area (Å²) in [7, 11) is 1.53. The fourth-order valence-electron chi connectivity index (χ4n) is 2.39. The van der Waals surface area contributed by atoms with Crippen molar-refractivity contribution >= 4 is 11.7 Å². The van der Waals surface area contributed by atoms with Crippen LogP contribution in [-0.4, -0.2) is 23.2 Å². The van der Waals surface area contributed by atoms with Crippen LogP contribution < -0.4 is 14.8 Å². The fraction of sp³-hybridized carbons (Fsp3) is 0.211. The monoisotopic (exact) mass is 353 g/mol. The van der Waals surface area contributed by atoms with Gasteiger partial charge in [0.1, 0.15) is 18.1 Å². The number of nitrogens with one attached hydrogen (secondary N) is 1. The maximum absolute atomic E-state index is 12.4. The van der Waals surface area contributed by atoms with Gasteiger partial charge in [-0.15, -0.1) is 0 Å². The van der Waals surface area contributed by atoms with Gasteiger partial charge in [0.15, 0.2) is 11.6 Å². The number of aromatic nitrogens is 2. The van der Waals surface area contributed by atoms with Crippen LogP contribution >= 0.6 is 0 Å².